The van der Waals surface area contributed by atoms with Gasteiger partial charge in [-0.2, -0.15) is 0 Å². The number of amides is 2. The Morgan fingerprint density at radius 1 is 1.21 bits per heavy atom. The number of anilines is 2. The van der Waals surface area contributed by atoms with Gasteiger partial charge in [0.2, 0.25) is 5.91 Å². The lowest BCUT2D eigenvalue weighted by Crippen LogP contribution is -2.50. The van der Waals surface area contributed by atoms with Gasteiger partial charge in [-0.15, -0.1) is 0 Å². The summed E-state index contributed by atoms with van der Waals surface area (Å²) < 4.78 is 11.3. The van der Waals surface area contributed by atoms with Gasteiger partial charge in [-0.1, -0.05) is 19.3 Å². The van der Waals surface area contributed by atoms with Gasteiger partial charge in [-0.3, -0.25) is 4.79 Å². The van der Waals surface area contributed by atoms with Crippen molar-refractivity contribution in [2.45, 2.75) is 64.5 Å². The Bertz CT molecular complexity index is 712. The van der Waals surface area contributed by atoms with Crippen LogP contribution < -0.4 is 21.1 Å². The number of nitrogens with two attached hydrogens (primary N) is 1. The van der Waals surface area contributed by atoms with Crippen LogP contribution in [0.5, 0.6) is 5.75 Å². The predicted octanol–water partition coefficient (Wildman–Crippen LogP) is 4.45. The smallest absolute Gasteiger partial charge is 0.408 e. The third-order valence-corrected chi connectivity index (χ3v) is 5.28. The zero-order chi connectivity index (χ0) is 20.9. The highest BCUT2D eigenvalue weighted by atomic mass is 79.9. The van der Waals surface area contributed by atoms with Crippen molar-refractivity contribution in [2.24, 2.45) is 5.92 Å². The van der Waals surface area contributed by atoms with Crippen molar-refractivity contribution >= 4 is 39.3 Å². The fourth-order valence-electron chi connectivity index (χ4n) is 3.34. The average Bonchev–Trinajstić information content (AvgIpc) is 2.61. The highest BCUT2D eigenvalue weighted by Gasteiger charge is 2.32. The van der Waals surface area contributed by atoms with Crippen LogP contribution in [0.25, 0.3) is 0 Å². The molecule has 0 saturated heterocycles. The van der Waals surface area contributed by atoms with E-state index in [4.69, 9.17) is 15.2 Å². The molecule has 8 heteroatoms. The summed E-state index contributed by atoms with van der Waals surface area (Å²) in [5.74, 6) is 0.299. The Hall–Kier alpha value is -1.96. The molecule has 1 atom stereocenters. The fraction of sp³-hybridized carbons (Fsp3) is 0.600. The number of benzene rings is 1. The molecule has 1 aliphatic carbocycles. The highest BCUT2D eigenvalue weighted by Crippen LogP contribution is 2.34. The normalized spacial score (nSPS) is 16.2. The number of hydrogen-bond acceptors (Lipinski definition) is 5. The molecule has 0 aliphatic heterocycles. The molecule has 1 aromatic carbocycles. The van der Waals surface area contributed by atoms with Crippen LogP contribution in [0.2, 0.25) is 0 Å². The first-order valence-corrected chi connectivity index (χ1v) is 10.3. The Kier molecular flexibility index (Phi) is 7.57. The van der Waals surface area contributed by atoms with Crippen LogP contribution in [0, 0.1) is 5.92 Å². The zero-order valence-electron chi connectivity index (χ0n) is 16.9. The first-order valence-electron chi connectivity index (χ1n) is 9.54. The summed E-state index contributed by atoms with van der Waals surface area (Å²) in [6.07, 6.45) is 4.39. The number of methoxy groups -OCH3 is 1. The van der Waals surface area contributed by atoms with Gasteiger partial charge in [0.1, 0.15) is 17.4 Å². The molecule has 28 heavy (non-hydrogen) atoms. The van der Waals surface area contributed by atoms with Crippen molar-refractivity contribution < 1.29 is 19.1 Å². The Morgan fingerprint density at radius 2 is 1.86 bits per heavy atom. The van der Waals surface area contributed by atoms with E-state index >= 15 is 0 Å². The molecule has 2 rings (SSSR count). The minimum absolute atomic E-state index is 0.0554. The molecule has 1 saturated carbocycles. The van der Waals surface area contributed by atoms with Crippen molar-refractivity contribution in [1.29, 1.82) is 0 Å². The van der Waals surface area contributed by atoms with Crippen molar-refractivity contribution in [1.82, 2.24) is 5.32 Å². The summed E-state index contributed by atoms with van der Waals surface area (Å²) in [5.41, 5.74) is 6.25. The van der Waals surface area contributed by atoms with Crippen LogP contribution in [0.3, 0.4) is 0 Å². The molecule has 1 aromatic rings. The number of rotatable bonds is 5. The highest BCUT2D eigenvalue weighted by molar-refractivity contribution is 9.10. The molecule has 156 valence electrons. The molecule has 0 aromatic heterocycles. The number of carbonyl (C=O) groups excluding carboxylic acids is 2. The molecular formula is C20H30BrN3O4. The van der Waals surface area contributed by atoms with Gasteiger partial charge in [0.25, 0.3) is 0 Å². The van der Waals surface area contributed by atoms with Crippen LogP contribution >= 0.6 is 15.9 Å². The van der Waals surface area contributed by atoms with Crippen LogP contribution in [-0.2, 0) is 9.53 Å². The summed E-state index contributed by atoms with van der Waals surface area (Å²) in [4.78, 5) is 25.4. The van der Waals surface area contributed by atoms with E-state index in [0.717, 1.165) is 32.1 Å². The molecule has 2 amide bonds. The Balaban J connectivity index is 2.20. The number of alkyl carbamates (subject to hydrolysis) is 1. The number of hydrogen-bond donors (Lipinski definition) is 3. The maximum Gasteiger partial charge on any atom is 0.408 e. The largest absolute Gasteiger partial charge is 0.495 e. The lowest BCUT2D eigenvalue weighted by molar-refractivity contribution is -0.119. The third kappa shape index (κ3) is 6.29. The van der Waals surface area contributed by atoms with Gasteiger partial charge < -0.3 is 25.8 Å². The van der Waals surface area contributed by atoms with Gasteiger partial charge in [0.05, 0.1) is 23.0 Å². The second-order valence-electron chi connectivity index (χ2n) is 8.09. The van der Waals surface area contributed by atoms with Gasteiger partial charge in [-0.25, -0.2) is 4.79 Å². The lowest BCUT2D eigenvalue weighted by atomic mass is 9.83. The first kappa shape index (κ1) is 22.3. The average molecular weight is 456 g/mol. The number of nitrogens with one attached hydrogen (secondary N) is 2. The van der Waals surface area contributed by atoms with Gasteiger partial charge >= 0.3 is 6.09 Å². The van der Waals surface area contributed by atoms with Crippen molar-refractivity contribution in [3.8, 4) is 5.75 Å². The summed E-state index contributed by atoms with van der Waals surface area (Å²) in [6, 6.07) is 2.64. The molecule has 0 heterocycles. The molecular weight excluding hydrogens is 426 g/mol. The summed E-state index contributed by atoms with van der Waals surface area (Å²) in [6.45, 7) is 5.37. The van der Waals surface area contributed by atoms with Crippen molar-refractivity contribution in [3.05, 3.63) is 16.6 Å². The first-order chi connectivity index (χ1) is 13.1. The molecule has 0 unspecified atom stereocenters. The van der Waals surface area contributed by atoms with Gasteiger partial charge in [0.15, 0.2) is 0 Å². The Labute approximate surface area is 174 Å². The van der Waals surface area contributed by atoms with Gasteiger partial charge in [0, 0.05) is 6.07 Å². The minimum atomic E-state index is -0.691. The van der Waals surface area contributed by atoms with Crippen LogP contribution in [0.15, 0.2) is 16.6 Å². The fourth-order valence-corrected chi connectivity index (χ4v) is 3.87. The number of ether oxygens (including phenoxy) is 2. The van der Waals surface area contributed by atoms with Crippen LogP contribution in [0.4, 0.5) is 16.2 Å². The molecule has 1 fully saturated rings. The van der Waals surface area contributed by atoms with E-state index in [-0.39, 0.29) is 11.8 Å². The van der Waals surface area contributed by atoms with Crippen LogP contribution in [-0.4, -0.2) is 30.8 Å². The number of nitrogen functional groups attached to an aromatic ring is 1. The van der Waals surface area contributed by atoms with E-state index in [1.165, 1.54) is 7.11 Å². The maximum atomic E-state index is 13.1. The molecule has 1 aliphatic rings. The third-order valence-electron chi connectivity index (χ3n) is 4.66. The Morgan fingerprint density at radius 3 is 2.43 bits per heavy atom. The van der Waals surface area contributed by atoms with Crippen molar-refractivity contribution in [2.75, 3.05) is 18.2 Å². The standard InChI is InChI=1S/C20H30BrN3O4/c1-20(2,3)28-19(26)24-17(12-8-6-5-7-9-12)18(25)23-15-11-16(27-4)13(21)10-14(15)22/h10-12,17H,5-9,22H2,1-4H3,(H,23,25)(H,24,26)/t17-/m1/s1. The number of halogens is 1. The van der Waals surface area contributed by atoms with E-state index in [1.807, 2.05) is 0 Å². The predicted molar refractivity (Wildman–Crippen MR) is 113 cm³/mol. The maximum absolute atomic E-state index is 13.1. The van der Waals surface area contributed by atoms with E-state index in [1.54, 1.807) is 32.9 Å². The number of carbonyl (C=O) groups is 2. The molecule has 7 nitrogen and oxygen atoms in total. The molecule has 4 N–H and O–H groups in total. The minimum Gasteiger partial charge on any atom is -0.495 e. The monoisotopic (exact) mass is 455 g/mol. The van der Waals surface area contributed by atoms with Crippen molar-refractivity contribution in [3.63, 3.8) is 0 Å². The van der Waals surface area contributed by atoms with Gasteiger partial charge in [-0.05, 0) is 61.5 Å². The summed E-state index contributed by atoms with van der Waals surface area (Å²) in [7, 11) is 1.54. The molecule has 0 spiro atoms. The van der Waals surface area contributed by atoms with E-state index in [9.17, 15) is 9.59 Å². The SMILES string of the molecule is COc1cc(NC(=O)[C@H](NC(=O)OC(C)(C)C)C2CCCCC2)c(N)cc1Br. The van der Waals surface area contributed by atoms with E-state index in [0.29, 0.717) is 21.6 Å². The van der Waals surface area contributed by atoms with E-state index in [2.05, 4.69) is 26.6 Å². The lowest BCUT2D eigenvalue weighted by Gasteiger charge is -2.31. The van der Waals surface area contributed by atoms with E-state index < -0.39 is 17.7 Å². The second kappa shape index (κ2) is 9.49. The molecule has 0 bridgehead atoms. The quantitative estimate of drug-likeness (QED) is 0.568. The summed E-state index contributed by atoms with van der Waals surface area (Å²) >= 11 is 3.37. The topological polar surface area (TPSA) is 103 Å². The zero-order valence-corrected chi connectivity index (χ0v) is 18.5. The molecule has 0 radical (unpaired) electrons. The second-order valence-corrected chi connectivity index (χ2v) is 8.94. The van der Waals surface area contributed by atoms with Crippen LogP contribution in [0.1, 0.15) is 52.9 Å². The summed E-state index contributed by atoms with van der Waals surface area (Å²) in [5, 5.41) is 5.61.